The maximum Gasteiger partial charge on any atom is 0.435 e. The molecule has 2 aromatic carbocycles. The van der Waals surface area contributed by atoms with Crippen molar-refractivity contribution in [3.05, 3.63) is 60.3 Å². The predicted octanol–water partition coefficient (Wildman–Crippen LogP) is 6.05. The van der Waals surface area contributed by atoms with E-state index in [0.29, 0.717) is 34.7 Å². The van der Waals surface area contributed by atoms with Gasteiger partial charge in [0.05, 0.1) is 11.0 Å². The minimum Gasteiger partial charge on any atom is -0.323 e. The molecule has 0 spiro atoms. The van der Waals surface area contributed by atoms with Crippen molar-refractivity contribution in [2.75, 3.05) is 13.1 Å². The number of hydrogen-bond acceptors (Lipinski definition) is 3. The molecule has 0 aliphatic carbocycles. The third kappa shape index (κ3) is 3.97. The Balaban J connectivity index is 1.67. The van der Waals surface area contributed by atoms with Crippen LogP contribution < -0.4 is 5.32 Å². The summed E-state index contributed by atoms with van der Waals surface area (Å²) >= 11 is 0. The number of hydrogen-bond donors (Lipinski definition) is 1. The van der Waals surface area contributed by atoms with Crippen LogP contribution in [0.5, 0.6) is 0 Å². The fourth-order valence-electron chi connectivity index (χ4n) is 4.77. The van der Waals surface area contributed by atoms with E-state index in [4.69, 9.17) is 0 Å². The SMILES string of the molecule is FC(F)(F)c1nc2ccccc2c2c1nc(-c1ccccc1)n2CCCC1CCNCC1. The number of piperidine rings is 1. The van der Waals surface area contributed by atoms with Crippen LogP contribution in [0, 0.1) is 5.92 Å². The lowest BCUT2D eigenvalue weighted by Crippen LogP contribution is -2.27. The molecule has 1 saturated heterocycles. The molecule has 0 amide bonds. The van der Waals surface area contributed by atoms with Gasteiger partial charge in [0.15, 0.2) is 5.69 Å². The summed E-state index contributed by atoms with van der Waals surface area (Å²) in [5.74, 6) is 1.23. The Kier molecular flexibility index (Phi) is 5.59. The zero-order valence-electron chi connectivity index (χ0n) is 17.7. The summed E-state index contributed by atoms with van der Waals surface area (Å²) < 4.78 is 43.9. The van der Waals surface area contributed by atoms with E-state index in [9.17, 15) is 13.2 Å². The quantitative estimate of drug-likeness (QED) is 0.412. The van der Waals surface area contributed by atoms with Gasteiger partial charge in [-0.25, -0.2) is 9.97 Å². The average molecular weight is 438 g/mol. The molecule has 0 atom stereocenters. The minimum atomic E-state index is -4.58. The number of halogens is 3. The number of nitrogens with zero attached hydrogens (tertiary/aromatic N) is 3. The van der Waals surface area contributed by atoms with Gasteiger partial charge in [-0.05, 0) is 50.8 Å². The normalized spacial score (nSPS) is 15.6. The third-order valence-corrected chi connectivity index (χ3v) is 6.34. The third-order valence-electron chi connectivity index (χ3n) is 6.34. The van der Waals surface area contributed by atoms with Crippen molar-refractivity contribution in [3.63, 3.8) is 0 Å². The van der Waals surface area contributed by atoms with Crippen molar-refractivity contribution in [1.82, 2.24) is 19.9 Å². The van der Waals surface area contributed by atoms with Crippen molar-refractivity contribution in [2.45, 2.75) is 38.4 Å². The van der Waals surface area contributed by atoms with E-state index in [1.807, 2.05) is 47.0 Å². The van der Waals surface area contributed by atoms with Crippen molar-refractivity contribution in [3.8, 4) is 11.4 Å². The lowest BCUT2D eigenvalue weighted by Gasteiger charge is -2.22. The molecule has 4 nitrogen and oxygen atoms in total. The molecule has 1 N–H and O–H groups in total. The van der Waals surface area contributed by atoms with Gasteiger partial charge in [-0.15, -0.1) is 0 Å². The van der Waals surface area contributed by atoms with Crippen LogP contribution in [-0.2, 0) is 12.7 Å². The first-order valence-corrected chi connectivity index (χ1v) is 11.1. The summed E-state index contributed by atoms with van der Waals surface area (Å²) in [5.41, 5.74) is 0.679. The number of imidazole rings is 1. The van der Waals surface area contributed by atoms with Gasteiger partial charge in [-0.2, -0.15) is 13.2 Å². The molecule has 0 bridgehead atoms. The summed E-state index contributed by atoms with van der Waals surface area (Å²) in [5, 5.41) is 4.09. The Bertz CT molecular complexity index is 1220. The van der Waals surface area contributed by atoms with Gasteiger partial charge >= 0.3 is 6.18 Å². The van der Waals surface area contributed by atoms with E-state index in [1.54, 1.807) is 12.1 Å². The molecular weight excluding hydrogens is 413 g/mol. The highest BCUT2D eigenvalue weighted by Crippen LogP contribution is 2.38. The Morgan fingerprint density at radius 1 is 0.938 bits per heavy atom. The molecule has 32 heavy (non-hydrogen) atoms. The molecule has 5 rings (SSSR count). The largest absolute Gasteiger partial charge is 0.435 e. The number of para-hydroxylation sites is 1. The van der Waals surface area contributed by atoms with Crippen molar-refractivity contribution >= 4 is 21.9 Å². The number of alkyl halides is 3. The molecule has 7 heteroatoms. The first-order chi connectivity index (χ1) is 15.5. The fourth-order valence-corrected chi connectivity index (χ4v) is 4.77. The first-order valence-electron chi connectivity index (χ1n) is 11.1. The average Bonchev–Trinajstić information content (AvgIpc) is 3.19. The molecular formula is C25H25F3N4. The molecule has 0 saturated carbocycles. The second kappa shape index (κ2) is 8.54. The number of rotatable bonds is 5. The van der Waals surface area contributed by atoms with Gasteiger partial charge in [0.25, 0.3) is 0 Å². The van der Waals surface area contributed by atoms with Gasteiger partial charge < -0.3 is 9.88 Å². The number of aryl methyl sites for hydroxylation is 1. The van der Waals surface area contributed by atoms with Gasteiger partial charge in [0.2, 0.25) is 0 Å². The van der Waals surface area contributed by atoms with E-state index in [2.05, 4.69) is 15.3 Å². The zero-order chi connectivity index (χ0) is 22.1. The van der Waals surface area contributed by atoms with E-state index in [0.717, 1.165) is 44.3 Å². The lowest BCUT2D eigenvalue weighted by atomic mass is 9.93. The maximum atomic E-state index is 14.0. The summed E-state index contributed by atoms with van der Waals surface area (Å²) in [6.07, 6.45) is -0.314. The number of benzene rings is 2. The van der Waals surface area contributed by atoms with Crippen LogP contribution in [0.2, 0.25) is 0 Å². The molecule has 1 aliphatic heterocycles. The lowest BCUT2D eigenvalue weighted by molar-refractivity contribution is -0.139. The summed E-state index contributed by atoms with van der Waals surface area (Å²) in [4.78, 5) is 8.50. The molecule has 0 radical (unpaired) electrons. The second-order valence-electron chi connectivity index (χ2n) is 8.46. The Labute approximate surface area is 184 Å². The van der Waals surface area contributed by atoms with Crippen LogP contribution in [0.3, 0.4) is 0 Å². The minimum absolute atomic E-state index is 0.0723. The summed E-state index contributed by atoms with van der Waals surface area (Å²) in [6, 6.07) is 16.5. The van der Waals surface area contributed by atoms with E-state index >= 15 is 0 Å². The van der Waals surface area contributed by atoms with Crippen LogP contribution in [0.15, 0.2) is 54.6 Å². The molecule has 2 aromatic heterocycles. The van der Waals surface area contributed by atoms with Gasteiger partial charge in [0, 0.05) is 17.5 Å². The standard InChI is InChI=1S/C25H25F3N4/c26-25(27,28)23-21-22(19-10-4-5-11-20(19)30-23)32(16-6-7-17-12-14-29-15-13-17)24(31-21)18-8-2-1-3-9-18/h1-5,8-11,17,29H,6-7,12-16H2. The highest BCUT2D eigenvalue weighted by atomic mass is 19.4. The highest BCUT2D eigenvalue weighted by Gasteiger charge is 2.37. The molecule has 166 valence electrons. The maximum absolute atomic E-state index is 14.0. The molecule has 3 heterocycles. The van der Waals surface area contributed by atoms with Crippen LogP contribution in [0.4, 0.5) is 13.2 Å². The van der Waals surface area contributed by atoms with E-state index in [1.165, 1.54) is 0 Å². The van der Waals surface area contributed by atoms with Crippen LogP contribution >= 0.6 is 0 Å². The molecule has 1 fully saturated rings. The van der Waals surface area contributed by atoms with Gasteiger partial charge in [0.1, 0.15) is 11.3 Å². The topological polar surface area (TPSA) is 42.7 Å². The highest BCUT2D eigenvalue weighted by molar-refractivity contribution is 6.04. The van der Waals surface area contributed by atoms with Crippen LogP contribution in [0.1, 0.15) is 31.4 Å². The number of aromatic nitrogens is 3. The number of fused-ring (bicyclic) bond motifs is 3. The fraction of sp³-hybridized carbons (Fsp3) is 0.360. The number of nitrogens with one attached hydrogen (secondary N) is 1. The van der Waals surface area contributed by atoms with Crippen molar-refractivity contribution in [2.24, 2.45) is 5.92 Å². The molecule has 1 aliphatic rings. The van der Waals surface area contributed by atoms with E-state index < -0.39 is 11.9 Å². The smallest absolute Gasteiger partial charge is 0.323 e. The molecule has 4 aromatic rings. The van der Waals surface area contributed by atoms with Crippen LogP contribution in [0.25, 0.3) is 33.3 Å². The Hall–Kier alpha value is -2.93. The first kappa shape index (κ1) is 20.9. The second-order valence-corrected chi connectivity index (χ2v) is 8.46. The molecule has 0 unspecified atom stereocenters. The zero-order valence-corrected chi connectivity index (χ0v) is 17.7. The summed E-state index contributed by atoms with van der Waals surface area (Å²) in [7, 11) is 0. The monoisotopic (exact) mass is 438 g/mol. The number of pyridine rings is 1. The Morgan fingerprint density at radius 3 is 2.41 bits per heavy atom. The summed E-state index contributed by atoms with van der Waals surface area (Å²) in [6.45, 7) is 2.70. The van der Waals surface area contributed by atoms with Crippen LogP contribution in [-0.4, -0.2) is 27.6 Å². The van der Waals surface area contributed by atoms with E-state index in [-0.39, 0.29) is 5.52 Å². The Morgan fingerprint density at radius 2 is 1.66 bits per heavy atom. The van der Waals surface area contributed by atoms with Crippen molar-refractivity contribution in [1.29, 1.82) is 0 Å². The predicted molar refractivity (Wildman–Crippen MR) is 120 cm³/mol. The van der Waals surface area contributed by atoms with Gasteiger partial charge in [-0.1, -0.05) is 48.5 Å². The van der Waals surface area contributed by atoms with Crippen molar-refractivity contribution < 1.29 is 13.2 Å². The van der Waals surface area contributed by atoms with Gasteiger partial charge in [-0.3, -0.25) is 0 Å².